The second kappa shape index (κ2) is 6.81. The Morgan fingerprint density at radius 2 is 1.81 bits per heavy atom. The number of amides is 1. The van der Waals surface area contributed by atoms with Crippen LogP contribution in [0.5, 0.6) is 0 Å². The maximum atomic E-state index is 12.6. The third-order valence-electron chi connectivity index (χ3n) is 4.30. The minimum absolute atomic E-state index is 0.228. The predicted octanol–water partition coefficient (Wildman–Crippen LogP) is 4.31. The van der Waals surface area contributed by atoms with Gasteiger partial charge in [-0.2, -0.15) is 5.10 Å². The van der Waals surface area contributed by atoms with Crippen LogP contribution < -0.4 is 5.32 Å². The Kier molecular flexibility index (Phi) is 4.33. The fourth-order valence-electron chi connectivity index (χ4n) is 3.01. The second-order valence-electron chi connectivity index (χ2n) is 6.16. The Labute approximate surface area is 160 Å². The van der Waals surface area contributed by atoms with Crippen molar-refractivity contribution < 1.29 is 4.79 Å². The first-order valence-electron chi connectivity index (χ1n) is 8.39. The molecule has 4 aromatic rings. The average Bonchev–Trinajstić information content (AvgIpc) is 2.99. The molecule has 4 rings (SSSR count). The number of aromatic nitrogens is 4. The van der Waals surface area contributed by atoms with E-state index in [1.165, 1.54) is 0 Å². The van der Waals surface area contributed by atoms with Gasteiger partial charge in [0.05, 0.1) is 17.0 Å². The maximum absolute atomic E-state index is 12.6. The summed E-state index contributed by atoms with van der Waals surface area (Å²) in [6.45, 7) is 3.70. The zero-order valence-corrected chi connectivity index (χ0v) is 15.5. The molecule has 1 amide bonds. The molecule has 2 aromatic heterocycles. The number of halogens is 1. The summed E-state index contributed by atoms with van der Waals surface area (Å²) in [5, 5.41) is 16.5. The van der Waals surface area contributed by atoms with Crippen LogP contribution in [0.4, 0.5) is 5.69 Å². The van der Waals surface area contributed by atoms with Crippen LogP contribution in [0.15, 0.2) is 54.6 Å². The van der Waals surface area contributed by atoms with Crippen molar-refractivity contribution in [3.63, 3.8) is 0 Å². The lowest BCUT2D eigenvalue weighted by Gasteiger charge is -2.07. The number of rotatable bonds is 3. The van der Waals surface area contributed by atoms with Gasteiger partial charge in [-0.25, -0.2) is 4.52 Å². The number of benzene rings is 2. The summed E-state index contributed by atoms with van der Waals surface area (Å²) in [4.78, 5) is 12.6. The number of carbonyl (C=O) groups is 1. The molecular formula is C20H16ClN5O. The Morgan fingerprint density at radius 3 is 2.56 bits per heavy atom. The number of para-hydroxylation sites is 1. The Hall–Kier alpha value is -3.25. The number of nitrogens with one attached hydrogen (secondary N) is 1. The van der Waals surface area contributed by atoms with E-state index in [1.54, 1.807) is 11.4 Å². The molecule has 0 fully saturated rings. The van der Waals surface area contributed by atoms with Gasteiger partial charge in [-0.1, -0.05) is 41.9 Å². The molecule has 2 aromatic carbocycles. The Bertz CT molecular complexity index is 1150. The first kappa shape index (κ1) is 17.2. The Morgan fingerprint density at radius 1 is 1.04 bits per heavy atom. The summed E-state index contributed by atoms with van der Waals surface area (Å²) in [7, 11) is 0. The standard InChI is InChI=1S/C20H16ClN5O/c1-12-17(14-7-6-8-15(21)11-14)19-24-23-18(13(2)26(19)25-12)20(27)22-16-9-4-3-5-10-16/h3-11H,1-2H3,(H,22,27). The van der Waals surface area contributed by atoms with Gasteiger partial charge in [0.15, 0.2) is 11.3 Å². The van der Waals surface area contributed by atoms with Gasteiger partial charge in [0.25, 0.3) is 5.91 Å². The van der Waals surface area contributed by atoms with E-state index < -0.39 is 0 Å². The lowest BCUT2D eigenvalue weighted by molar-refractivity contribution is 0.102. The summed E-state index contributed by atoms with van der Waals surface area (Å²) in [5.74, 6) is -0.328. The van der Waals surface area contributed by atoms with Gasteiger partial charge < -0.3 is 5.32 Å². The van der Waals surface area contributed by atoms with Gasteiger partial charge in [0.2, 0.25) is 0 Å². The first-order chi connectivity index (χ1) is 13.0. The molecule has 0 saturated carbocycles. The van der Waals surface area contributed by atoms with Crippen LogP contribution in [0.3, 0.4) is 0 Å². The third kappa shape index (κ3) is 3.15. The van der Waals surface area contributed by atoms with Crippen molar-refractivity contribution in [1.29, 1.82) is 0 Å². The van der Waals surface area contributed by atoms with E-state index >= 15 is 0 Å². The minimum Gasteiger partial charge on any atom is -0.321 e. The summed E-state index contributed by atoms with van der Waals surface area (Å²) in [6.07, 6.45) is 0. The molecule has 0 aliphatic heterocycles. The van der Waals surface area contributed by atoms with Crippen molar-refractivity contribution >= 4 is 28.8 Å². The largest absolute Gasteiger partial charge is 0.321 e. The molecule has 0 atom stereocenters. The predicted molar refractivity (Wildman–Crippen MR) is 105 cm³/mol. The molecule has 0 saturated heterocycles. The number of hydrogen-bond acceptors (Lipinski definition) is 4. The number of carbonyl (C=O) groups excluding carboxylic acids is 1. The first-order valence-corrected chi connectivity index (χ1v) is 8.77. The lowest BCUT2D eigenvalue weighted by Crippen LogP contribution is -2.18. The fraction of sp³-hybridized carbons (Fsp3) is 0.100. The normalized spacial score (nSPS) is 10.9. The molecule has 134 valence electrons. The van der Waals surface area contributed by atoms with Crippen molar-refractivity contribution in [3.8, 4) is 11.1 Å². The van der Waals surface area contributed by atoms with Crippen LogP contribution in [0.1, 0.15) is 21.9 Å². The highest BCUT2D eigenvalue weighted by molar-refractivity contribution is 6.30. The van der Waals surface area contributed by atoms with E-state index in [-0.39, 0.29) is 11.6 Å². The van der Waals surface area contributed by atoms with E-state index in [2.05, 4.69) is 20.6 Å². The van der Waals surface area contributed by atoms with Crippen molar-refractivity contribution in [2.45, 2.75) is 13.8 Å². The van der Waals surface area contributed by atoms with E-state index in [0.29, 0.717) is 22.1 Å². The quantitative estimate of drug-likeness (QED) is 0.577. The van der Waals surface area contributed by atoms with Crippen LogP contribution >= 0.6 is 11.6 Å². The van der Waals surface area contributed by atoms with Crippen LogP contribution in [0, 0.1) is 13.8 Å². The molecule has 0 bridgehead atoms. The molecule has 27 heavy (non-hydrogen) atoms. The number of fused-ring (bicyclic) bond motifs is 1. The summed E-state index contributed by atoms with van der Waals surface area (Å²) in [5.41, 5.74) is 4.67. The molecule has 7 heteroatoms. The SMILES string of the molecule is Cc1nn2c(C)c(C(=O)Nc3ccccc3)nnc2c1-c1cccc(Cl)c1. The monoisotopic (exact) mass is 377 g/mol. The maximum Gasteiger partial charge on any atom is 0.278 e. The number of aryl methyl sites for hydroxylation is 2. The minimum atomic E-state index is -0.328. The molecule has 0 radical (unpaired) electrons. The molecule has 1 N–H and O–H groups in total. The van der Waals surface area contributed by atoms with Crippen LogP contribution in [0.2, 0.25) is 5.02 Å². The van der Waals surface area contributed by atoms with Gasteiger partial charge in [-0.15, -0.1) is 10.2 Å². The molecule has 0 spiro atoms. The van der Waals surface area contributed by atoms with Gasteiger partial charge in [-0.05, 0) is 43.7 Å². The van der Waals surface area contributed by atoms with E-state index in [9.17, 15) is 4.79 Å². The lowest BCUT2D eigenvalue weighted by atomic mass is 10.1. The van der Waals surface area contributed by atoms with Gasteiger partial charge in [-0.3, -0.25) is 4.79 Å². The molecule has 6 nitrogen and oxygen atoms in total. The third-order valence-corrected chi connectivity index (χ3v) is 4.54. The Balaban J connectivity index is 1.78. The van der Waals surface area contributed by atoms with E-state index in [1.807, 2.05) is 61.5 Å². The number of nitrogens with zero attached hydrogens (tertiary/aromatic N) is 4. The molecule has 0 aliphatic rings. The highest BCUT2D eigenvalue weighted by Gasteiger charge is 2.20. The smallest absolute Gasteiger partial charge is 0.278 e. The highest BCUT2D eigenvalue weighted by atomic mass is 35.5. The molecule has 2 heterocycles. The van der Waals surface area contributed by atoms with Crippen LogP contribution in [-0.2, 0) is 0 Å². The summed E-state index contributed by atoms with van der Waals surface area (Å²) < 4.78 is 1.65. The number of hydrogen-bond donors (Lipinski definition) is 1. The van der Waals surface area contributed by atoms with Crippen molar-refractivity contribution in [3.05, 3.63) is 76.7 Å². The molecule has 0 aliphatic carbocycles. The molecule has 0 unspecified atom stereocenters. The van der Waals surface area contributed by atoms with E-state index in [0.717, 1.165) is 16.8 Å². The second-order valence-corrected chi connectivity index (χ2v) is 6.60. The number of anilines is 1. The van der Waals surface area contributed by atoms with Gasteiger partial charge in [0, 0.05) is 10.7 Å². The zero-order chi connectivity index (χ0) is 19.0. The van der Waals surface area contributed by atoms with Crippen molar-refractivity contribution in [1.82, 2.24) is 19.8 Å². The van der Waals surface area contributed by atoms with Crippen LogP contribution in [-0.4, -0.2) is 25.7 Å². The van der Waals surface area contributed by atoms with Gasteiger partial charge >= 0.3 is 0 Å². The highest BCUT2D eigenvalue weighted by Crippen LogP contribution is 2.29. The molecular weight excluding hydrogens is 362 g/mol. The van der Waals surface area contributed by atoms with Crippen molar-refractivity contribution in [2.75, 3.05) is 5.32 Å². The van der Waals surface area contributed by atoms with E-state index in [4.69, 9.17) is 11.6 Å². The zero-order valence-electron chi connectivity index (χ0n) is 14.8. The average molecular weight is 378 g/mol. The topological polar surface area (TPSA) is 72.2 Å². The van der Waals surface area contributed by atoms with Crippen LogP contribution in [0.25, 0.3) is 16.8 Å². The fourth-order valence-corrected chi connectivity index (χ4v) is 3.21. The van der Waals surface area contributed by atoms with Gasteiger partial charge in [0.1, 0.15) is 0 Å². The summed E-state index contributed by atoms with van der Waals surface area (Å²) in [6, 6.07) is 16.7. The summed E-state index contributed by atoms with van der Waals surface area (Å²) >= 11 is 6.12. The van der Waals surface area contributed by atoms with Crippen molar-refractivity contribution in [2.24, 2.45) is 0 Å².